The van der Waals surface area contributed by atoms with Crippen molar-refractivity contribution in [1.29, 1.82) is 0 Å². The van der Waals surface area contributed by atoms with Crippen LogP contribution in [0.3, 0.4) is 0 Å². The summed E-state index contributed by atoms with van der Waals surface area (Å²) in [6.45, 7) is 5.91. The average molecular weight is 431 g/mol. The first-order valence-corrected chi connectivity index (χ1v) is 12.2. The Morgan fingerprint density at radius 1 is 1.13 bits per heavy atom. The molecule has 1 unspecified atom stereocenters. The highest BCUT2D eigenvalue weighted by molar-refractivity contribution is 5.69. The predicted octanol–water partition coefficient (Wildman–Crippen LogP) is 6.22. The zero-order valence-corrected chi connectivity index (χ0v) is 19.6. The van der Waals surface area contributed by atoms with Gasteiger partial charge < -0.3 is 14.9 Å². The molecule has 0 heterocycles. The Labute approximate surface area is 188 Å². The van der Waals surface area contributed by atoms with Gasteiger partial charge in [0.25, 0.3) is 0 Å². The second-order valence-electron chi connectivity index (χ2n) is 9.25. The molecule has 2 rings (SSSR count). The topological polar surface area (TPSA) is 66.8 Å². The summed E-state index contributed by atoms with van der Waals surface area (Å²) in [7, 11) is 0. The highest BCUT2D eigenvalue weighted by Gasteiger charge is 2.35. The summed E-state index contributed by atoms with van der Waals surface area (Å²) in [6.07, 6.45) is 12.7. The van der Waals surface area contributed by atoms with Gasteiger partial charge in [-0.05, 0) is 69.4 Å². The van der Waals surface area contributed by atoms with Gasteiger partial charge in [0, 0.05) is 12.3 Å². The van der Waals surface area contributed by atoms with E-state index in [-0.39, 0.29) is 24.1 Å². The third kappa shape index (κ3) is 8.78. The Bertz CT molecular complexity index is 664. The average Bonchev–Trinajstić information content (AvgIpc) is 3.10. The lowest BCUT2D eigenvalue weighted by molar-refractivity contribution is -0.147. The molecule has 0 bridgehead atoms. The number of esters is 1. The Morgan fingerprint density at radius 2 is 1.87 bits per heavy atom. The van der Waals surface area contributed by atoms with Crippen LogP contribution in [0.15, 0.2) is 36.4 Å². The molecule has 0 radical (unpaired) electrons. The van der Waals surface area contributed by atoms with Gasteiger partial charge in [0.2, 0.25) is 0 Å². The molecule has 1 aliphatic carbocycles. The van der Waals surface area contributed by atoms with Crippen molar-refractivity contribution in [3.63, 3.8) is 0 Å². The van der Waals surface area contributed by atoms with Gasteiger partial charge in [-0.25, -0.2) is 0 Å². The van der Waals surface area contributed by atoms with E-state index < -0.39 is 6.10 Å². The van der Waals surface area contributed by atoms with Crippen LogP contribution in [0.5, 0.6) is 0 Å². The Balaban J connectivity index is 1.83. The summed E-state index contributed by atoms with van der Waals surface area (Å²) >= 11 is 0. The SMILES string of the molecule is CCCCCC(O)c1ccc([C@@H]2[C@@H](CC=CCCCC(=O)OC(C)C)CC[C@H]2O)cc1. The van der Waals surface area contributed by atoms with E-state index in [1.807, 2.05) is 26.0 Å². The third-order valence-electron chi connectivity index (χ3n) is 6.27. The molecule has 0 saturated heterocycles. The normalized spacial score (nSPS) is 22.3. The number of rotatable bonds is 13. The standard InChI is InChI=1S/C27H42O4/c1-4-5-8-12-24(28)21-14-16-23(17-15-21)27-22(18-19-25(27)29)11-9-6-7-10-13-26(30)31-20(2)3/h6,9,14-17,20,22,24-25,27-29H,4-5,7-8,10-13,18-19H2,1-3H3/t22-,24?,25+,27-/m0/s1. The largest absolute Gasteiger partial charge is 0.463 e. The number of hydrogen-bond acceptors (Lipinski definition) is 4. The minimum absolute atomic E-state index is 0.0489. The van der Waals surface area contributed by atoms with Gasteiger partial charge in [0.15, 0.2) is 0 Å². The molecule has 1 aromatic carbocycles. The first-order valence-electron chi connectivity index (χ1n) is 12.2. The molecule has 0 spiro atoms. The van der Waals surface area contributed by atoms with Crippen molar-refractivity contribution in [2.45, 2.75) is 109 Å². The maximum absolute atomic E-state index is 11.6. The predicted molar refractivity (Wildman–Crippen MR) is 126 cm³/mol. The Morgan fingerprint density at radius 3 is 2.55 bits per heavy atom. The van der Waals surface area contributed by atoms with E-state index in [0.717, 1.165) is 63.4 Å². The highest BCUT2D eigenvalue weighted by atomic mass is 16.5. The van der Waals surface area contributed by atoms with Crippen molar-refractivity contribution in [1.82, 2.24) is 0 Å². The summed E-state index contributed by atoms with van der Waals surface area (Å²) in [4.78, 5) is 11.6. The second kappa shape index (κ2) is 13.7. The van der Waals surface area contributed by atoms with Crippen LogP contribution < -0.4 is 0 Å². The van der Waals surface area contributed by atoms with E-state index in [2.05, 4.69) is 31.2 Å². The van der Waals surface area contributed by atoms with Crippen LogP contribution in [0.4, 0.5) is 0 Å². The molecular weight excluding hydrogens is 388 g/mol. The van der Waals surface area contributed by atoms with E-state index in [4.69, 9.17) is 4.74 Å². The lowest BCUT2D eigenvalue weighted by Crippen LogP contribution is -2.17. The molecule has 0 aliphatic heterocycles. The van der Waals surface area contributed by atoms with Gasteiger partial charge in [-0.2, -0.15) is 0 Å². The van der Waals surface area contributed by atoms with Crippen LogP contribution in [-0.4, -0.2) is 28.4 Å². The number of benzene rings is 1. The molecule has 174 valence electrons. The molecular formula is C27H42O4. The van der Waals surface area contributed by atoms with Crippen LogP contribution in [0, 0.1) is 5.92 Å². The Hall–Kier alpha value is -1.65. The molecule has 4 nitrogen and oxygen atoms in total. The number of carbonyl (C=O) groups excluding carboxylic acids is 1. The van der Waals surface area contributed by atoms with Crippen LogP contribution in [-0.2, 0) is 9.53 Å². The molecule has 1 aliphatic rings. The smallest absolute Gasteiger partial charge is 0.306 e. The van der Waals surface area contributed by atoms with Crippen molar-refractivity contribution >= 4 is 5.97 Å². The van der Waals surface area contributed by atoms with E-state index in [9.17, 15) is 15.0 Å². The van der Waals surface area contributed by atoms with Gasteiger partial charge in [0.1, 0.15) is 0 Å². The van der Waals surface area contributed by atoms with Crippen molar-refractivity contribution in [3.8, 4) is 0 Å². The van der Waals surface area contributed by atoms with E-state index in [1.54, 1.807) is 0 Å². The maximum Gasteiger partial charge on any atom is 0.306 e. The zero-order chi connectivity index (χ0) is 22.6. The number of aliphatic hydroxyl groups excluding tert-OH is 2. The van der Waals surface area contributed by atoms with E-state index >= 15 is 0 Å². The summed E-state index contributed by atoms with van der Waals surface area (Å²) in [5, 5.41) is 21.0. The maximum atomic E-state index is 11.6. The first kappa shape index (κ1) is 25.6. The van der Waals surface area contributed by atoms with Gasteiger partial charge in [-0.15, -0.1) is 0 Å². The third-order valence-corrected chi connectivity index (χ3v) is 6.27. The fourth-order valence-corrected chi connectivity index (χ4v) is 4.59. The number of unbranched alkanes of at least 4 members (excludes halogenated alkanes) is 3. The molecule has 0 aromatic heterocycles. The minimum atomic E-state index is -0.398. The van der Waals surface area contributed by atoms with Gasteiger partial charge >= 0.3 is 5.97 Å². The van der Waals surface area contributed by atoms with E-state index in [1.165, 1.54) is 5.56 Å². The van der Waals surface area contributed by atoms with Crippen molar-refractivity contribution < 1.29 is 19.7 Å². The Kier molecular flexibility index (Phi) is 11.3. The van der Waals surface area contributed by atoms with Gasteiger partial charge in [0.05, 0.1) is 18.3 Å². The highest BCUT2D eigenvalue weighted by Crippen LogP contribution is 2.42. The molecule has 4 atom stereocenters. The first-order chi connectivity index (χ1) is 14.9. The summed E-state index contributed by atoms with van der Waals surface area (Å²) < 4.78 is 5.15. The van der Waals surface area contributed by atoms with Crippen molar-refractivity contribution in [2.75, 3.05) is 0 Å². The summed E-state index contributed by atoms with van der Waals surface area (Å²) in [5.41, 5.74) is 2.14. The second-order valence-corrected chi connectivity index (χ2v) is 9.25. The van der Waals surface area contributed by atoms with E-state index in [0.29, 0.717) is 12.3 Å². The fourth-order valence-electron chi connectivity index (χ4n) is 4.59. The molecule has 0 amide bonds. The fraction of sp³-hybridized carbons (Fsp3) is 0.667. The van der Waals surface area contributed by atoms with Crippen LogP contribution in [0.1, 0.15) is 108 Å². The van der Waals surface area contributed by atoms with Crippen molar-refractivity contribution in [3.05, 3.63) is 47.5 Å². The summed E-state index contributed by atoms with van der Waals surface area (Å²) in [5.74, 6) is 0.454. The van der Waals surface area contributed by atoms with Gasteiger partial charge in [-0.3, -0.25) is 4.79 Å². The molecule has 4 heteroatoms. The zero-order valence-electron chi connectivity index (χ0n) is 19.6. The number of allylic oxidation sites excluding steroid dienone is 2. The minimum Gasteiger partial charge on any atom is -0.463 e. The number of aliphatic hydroxyl groups is 2. The van der Waals surface area contributed by atoms with Crippen molar-refractivity contribution in [2.24, 2.45) is 5.92 Å². The molecule has 1 saturated carbocycles. The monoisotopic (exact) mass is 430 g/mol. The van der Waals surface area contributed by atoms with Crippen LogP contribution in [0.25, 0.3) is 0 Å². The molecule has 1 fully saturated rings. The van der Waals surface area contributed by atoms with Crippen LogP contribution in [0.2, 0.25) is 0 Å². The van der Waals surface area contributed by atoms with Gasteiger partial charge in [-0.1, -0.05) is 62.6 Å². The quantitative estimate of drug-likeness (QED) is 0.221. The lowest BCUT2D eigenvalue weighted by Gasteiger charge is -2.22. The summed E-state index contributed by atoms with van der Waals surface area (Å²) in [6, 6.07) is 8.24. The number of carbonyl (C=O) groups is 1. The molecule has 2 N–H and O–H groups in total. The van der Waals surface area contributed by atoms with Crippen LogP contribution >= 0.6 is 0 Å². The number of ether oxygens (including phenoxy) is 1. The molecule has 31 heavy (non-hydrogen) atoms. The number of hydrogen-bond donors (Lipinski definition) is 2. The molecule has 1 aromatic rings. The lowest BCUT2D eigenvalue weighted by atomic mass is 9.85.